The molecule has 2 aromatic carbocycles. The molecular formula is C22H23N3O4. The van der Waals surface area contributed by atoms with Gasteiger partial charge in [0.15, 0.2) is 6.61 Å². The van der Waals surface area contributed by atoms with Crippen LogP contribution in [0, 0.1) is 0 Å². The number of fused-ring (bicyclic) bond motifs is 1. The minimum absolute atomic E-state index is 0.138. The van der Waals surface area contributed by atoms with Crippen molar-refractivity contribution in [3.63, 3.8) is 0 Å². The van der Waals surface area contributed by atoms with E-state index in [9.17, 15) is 9.59 Å². The molecule has 0 saturated carbocycles. The fraction of sp³-hybridized carbons (Fsp3) is 0.227. The van der Waals surface area contributed by atoms with Crippen molar-refractivity contribution in [3.05, 3.63) is 65.9 Å². The second-order valence-corrected chi connectivity index (χ2v) is 6.18. The predicted molar refractivity (Wildman–Crippen MR) is 111 cm³/mol. The number of allylic oxidation sites excluding steroid dienone is 1. The highest BCUT2D eigenvalue weighted by molar-refractivity contribution is 6.24. The second-order valence-electron chi connectivity index (χ2n) is 6.18. The number of para-hydroxylation sites is 3. The van der Waals surface area contributed by atoms with Crippen LogP contribution in [0.4, 0.5) is 11.4 Å². The Morgan fingerprint density at radius 3 is 2.48 bits per heavy atom. The van der Waals surface area contributed by atoms with Gasteiger partial charge < -0.3 is 20.1 Å². The zero-order valence-electron chi connectivity index (χ0n) is 16.4. The average Bonchev–Trinajstić information content (AvgIpc) is 2.89. The van der Waals surface area contributed by atoms with E-state index in [4.69, 9.17) is 9.47 Å². The van der Waals surface area contributed by atoms with Gasteiger partial charge in [0.2, 0.25) is 0 Å². The van der Waals surface area contributed by atoms with Gasteiger partial charge in [0, 0.05) is 5.70 Å². The summed E-state index contributed by atoms with van der Waals surface area (Å²) in [5.74, 6) is -0.260. The van der Waals surface area contributed by atoms with Crippen LogP contribution in [0.1, 0.15) is 20.3 Å². The quantitative estimate of drug-likeness (QED) is 0.733. The van der Waals surface area contributed by atoms with Crippen LogP contribution in [0.5, 0.6) is 5.75 Å². The number of anilines is 1. The lowest BCUT2D eigenvalue weighted by molar-refractivity contribution is -0.137. The summed E-state index contributed by atoms with van der Waals surface area (Å²) in [5, 5.41) is 5.95. The molecule has 150 valence electrons. The molecule has 29 heavy (non-hydrogen) atoms. The Kier molecular flexibility index (Phi) is 6.63. The third-order valence-corrected chi connectivity index (χ3v) is 4.16. The highest BCUT2D eigenvalue weighted by atomic mass is 16.5. The van der Waals surface area contributed by atoms with Gasteiger partial charge in [-0.05, 0) is 37.6 Å². The number of nitrogens with one attached hydrogen (secondary N) is 2. The first-order chi connectivity index (χ1) is 14.1. The van der Waals surface area contributed by atoms with Crippen LogP contribution in [0.3, 0.4) is 0 Å². The summed E-state index contributed by atoms with van der Waals surface area (Å²) in [4.78, 5) is 29.7. The molecule has 0 bridgehead atoms. The summed E-state index contributed by atoms with van der Waals surface area (Å²) in [6.45, 7) is 3.64. The molecule has 7 nitrogen and oxygen atoms in total. The van der Waals surface area contributed by atoms with Crippen LogP contribution in [0.15, 0.2) is 70.9 Å². The van der Waals surface area contributed by atoms with E-state index in [-0.39, 0.29) is 24.6 Å². The summed E-state index contributed by atoms with van der Waals surface area (Å²) in [5.41, 5.74) is 2.18. The minimum Gasteiger partial charge on any atom is -0.484 e. The summed E-state index contributed by atoms with van der Waals surface area (Å²) >= 11 is 0. The molecule has 0 aliphatic carbocycles. The van der Waals surface area contributed by atoms with Gasteiger partial charge in [0.05, 0.1) is 18.0 Å². The number of carbonyl (C=O) groups is 2. The van der Waals surface area contributed by atoms with Crippen LogP contribution in [-0.2, 0) is 14.3 Å². The third-order valence-electron chi connectivity index (χ3n) is 4.16. The summed E-state index contributed by atoms with van der Waals surface area (Å²) in [7, 11) is 0. The van der Waals surface area contributed by atoms with Crippen LogP contribution in [-0.4, -0.2) is 30.9 Å². The number of ether oxygens (including phenoxy) is 2. The maximum absolute atomic E-state index is 12.7. The van der Waals surface area contributed by atoms with Gasteiger partial charge in [-0.2, -0.15) is 0 Å². The molecule has 0 saturated heterocycles. The topological polar surface area (TPSA) is 89.0 Å². The van der Waals surface area contributed by atoms with E-state index in [1.807, 2.05) is 43.3 Å². The molecule has 1 aliphatic heterocycles. The van der Waals surface area contributed by atoms with Gasteiger partial charge >= 0.3 is 5.97 Å². The zero-order chi connectivity index (χ0) is 20.6. The van der Waals surface area contributed by atoms with E-state index in [1.165, 1.54) is 0 Å². The van der Waals surface area contributed by atoms with Gasteiger partial charge in [-0.3, -0.25) is 4.79 Å². The van der Waals surface area contributed by atoms with E-state index in [1.54, 1.807) is 25.1 Å². The third kappa shape index (κ3) is 5.01. The van der Waals surface area contributed by atoms with Crippen molar-refractivity contribution < 1.29 is 19.1 Å². The number of carbonyl (C=O) groups excluding carboxylic acids is 2. The standard InChI is InChI=1S/C22H23N3O4/c1-3-16-20(22(27)28-4-2)21(24-18-13-9-8-12-17(18)23-16)25-19(26)14-29-15-10-6-5-7-11-15/h5-13,23H,3-4,14H2,1-2H3,(H,24,25,26). The number of benzene rings is 2. The lowest BCUT2D eigenvalue weighted by Gasteiger charge is -2.15. The van der Waals surface area contributed by atoms with Gasteiger partial charge in [0.25, 0.3) is 5.91 Å². The zero-order valence-corrected chi connectivity index (χ0v) is 16.4. The van der Waals surface area contributed by atoms with Crippen molar-refractivity contribution in [3.8, 4) is 5.75 Å². The van der Waals surface area contributed by atoms with Gasteiger partial charge in [-0.1, -0.05) is 37.3 Å². The molecule has 0 aromatic heterocycles. The highest BCUT2D eigenvalue weighted by Crippen LogP contribution is 2.31. The molecule has 0 spiro atoms. The summed E-state index contributed by atoms with van der Waals surface area (Å²) < 4.78 is 10.7. The largest absolute Gasteiger partial charge is 0.484 e. The molecule has 1 aliphatic rings. The van der Waals surface area contributed by atoms with E-state index in [0.29, 0.717) is 23.6 Å². The maximum atomic E-state index is 12.7. The fourth-order valence-electron chi connectivity index (χ4n) is 2.83. The van der Waals surface area contributed by atoms with Crippen molar-refractivity contribution in [1.29, 1.82) is 0 Å². The average molecular weight is 393 g/mol. The first-order valence-corrected chi connectivity index (χ1v) is 9.45. The van der Waals surface area contributed by atoms with Crippen molar-refractivity contribution >= 4 is 29.1 Å². The van der Waals surface area contributed by atoms with Gasteiger partial charge in [0.1, 0.15) is 17.2 Å². The lowest BCUT2D eigenvalue weighted by Crippen LogP contribution is -2.38. The highest BCUT2D eigenvalue weighted by Gasteiger charge is 2.27. The van der Waals surface area contributed by atoms with Gasteiger partial charge in [-0.15, -0.1) is 0 Å². The summed E-state index contributed by atoms with van der Waals surface area (Å²) in [6, 6.07) is 16.4. The number of rotatable bonds is 6. The number of amidine groups is 1. The number of nitrogens with zero attached hydrogens (tertiary/aromatic N) is 1. The molecule has 0 unspecified atom stereocenters. The Labute approximate surface area is 169 Å². The second kappa shape index (κ2) is 9.54. The molecule has 1 heterocycles. The minimum atomic E-state index is -0.548. The molecule has 0 radical (unpaired) electrons. The number of hydrogen-bond acceptors (Lipinski definition) is 6. The van der Waals surface area contributed by atoms with Crippen molar-refractivity contribution in [2.45, 2.75) is 20.3 Å². The number of aliphatic imine (C=N–C) groups is 1. The van der Waals surface area contributed by atoms with Crippen molar-refractivity contribution in [1.82, 2.24) is 5.32 Å². The summed E-state index contributed by atoms with van der Waals surface area (Å²) in [6.07, 6.45) is 0.526. The fourth-order valence-corrected chi connectivity index (χ4v) is 2.83. The number of hydrogen-bond donors (Lipinski definition) is 2. The molecule has 1 amide bonds. The molecule has 2 N–H and O–H groups in total. The SMILES string of the molecule is CCOC(=O)C1=C(CC)Nc2ccccc2N=C1NC(=O)COc1ccccc1. The lowest BCUT2D eigenvalue weighted by atomic mass is 10.1. The Morgan fingerprint density at radius 1 is 1.03 bits per heavy atom. The molecule has 0 fully saturated rings. The predicted octanol–water partition coefficient (Wildman–Crippen LogP) is 3.56. The monoisotopic (exact) mass is 393 g/mol. The van der Waals surface area contributed by atoms with Crippen LogP contribution >= 0.6 is 0 Å². The smallest absolute Gasteiger partial charge is 0.343 e. The Morgan fingerprint density at radius 2 is 1.76 bits per heavy atom. The van der Waals surface area contributed by atoms with E-state index in [2.05, 4.69) is 15.6 Å². The van der Waals surface area contributed by atoms with E-state index >= 15 is 0 Å². The van der Waals surface area contributed by atoms with Crippen LogP contribution < -0.4 is 15.4 Å². The normalized spacial score (nSPS) is 12.8. The van der Waals surface area contributed by atoms with Crippen LogP contribution in [0.25, 0.3) is 0 Å². The van der Waals surface area contributed by atoms with Crippen molar-refractivity contribution in [2.75, 3.05) is 18.5 Å². The first kappa shape index (κ1) is 20.1. The molecule has 3 rings (SSSR count). The molecule has 0 atom stereocenters. The van der Waals surface area contributed by atoms with Gasteiger partial charge in [-0.25, -0.2) is 9.79 Å². The van der Waals surface area contributed by atoms with E-state index in [0.717, 1.165) is 5.69 Å². The molecule has 7 heteroatoms. The Bertz CT molecular complexity index is 952. The number of esters is 1. The van der Waals surface area contributed by atoms with E-state index < -0.39 is 11.9 Å². The molecular weight excluding hydrogens is 370 g/mol. The van der Waals surface area contributed by atoms with Crippen molar-refractivity contribution in [2.24, 2.45) is 4.99 Å². The Hall–Kier alpha value is -3.61. The Balaban J connectivity index is 1.89. The number of amides is 1. The first-order valence-electron chi connectivity index (χ1n) is 9.45. The molecule has 2 aromatic rings. The maximum Gasteiger partial charge on any atom is 0.343 e. The van der Waals surface area contributed by atoms with Crippen LogP contribution in [0.2, 0.25) is 0 Å².